The molecule has 4 aromatic rings. The normalized spacial score (nSPS) is 10.8. The van der Waals surface area contributed by atoms with Crippen molar-refractivity contribution in [3.8, 4) is 11.5 Å². The molecule has 9 N–H and O–H groups in total. The van der Waals surface area contributed by atoms with E-state index in [9.17, 15) is 33.6 Å². The zero-order valence-electron chi connectivity index (χ0n) is 40.5. The predicted molar refractivity (Wildman–Crippen MR) is 261 cm³/mol. The molecule has 0 aliphatic rings. The highest BCUT2D eigenvalue weighted by Crippen LogP contribution is 2.26. The van der Waals surface area contributed by atoms with Crippen LogP contribution < -0.4 is 47.6 Å². The number of primary amides is 2. The zero-order chi connectivity index (χ0) is 51.5. The number of nitrogens with zero attached hydrogens (tertiary/aromatic N) is 3. The highest BCUT2D eigenvalue weighted by atomic mass is 35.5. The molecule has 0 aliphatic carbocycles. The Morgan fingerprint density at radius 1 is 0.662 bits per heavy atom. The first kappa shape index (κ1) is 56.6. The van der Waals surface area contributed by atoms with Crippen LogP contribution in [0.1, 0.15) is 135 Å². The van der Waals surface area contributed by atoms with Crippen LogP contribution in [0.5, 0.6) is 11.5 Å². The van der Waals surface area contributed by atoms with E-state index < -0.39 is 46.8 Å². The van der Waals surface area contributed by atoms with E-state index in [2.05, 4.69) is 27.1 Å². The lowest BCUT2D eigenvalue weighted by Crippen LogP contribution is -2.56. The Labute approximate surface area is 402 Å². The van der Waals surface area contributed by atoms with E-state index in [-0.39, 0.29) is 0 Å². The molecule has 0 aliphatic heterocycles. The maximum absolute atomic E-state index is 13.5. The average Bonchev–Trinajstić information content (AvgIpc) is 3.27. The van der Waals surface area contributed by atoms with Gasteiger partial charge in [-0.2, -0.15) is 5.10 Å². The number of amides is 8. The number of ether oxygens (including phenoxy) is 2. The number of nitrogens with two attached hydrogens (primary N) is 2. The number of nitrogens with one attached hydrogen (secondary N) is 5. The summed E-state index contributed by atoms with van der Waals surface area (Å²) in [5.41, 5.74) is 23.3. The molecule has 0 fully saturated rings. The van der Waals surface area contributed by atoms with Gasteiger partial charge in [-0.1, -0.05) is 32.0 Å². The van der Waals surface area contributed by atoms with Crippen molar-refractivity contribution in [1.82, 2.24) is 36.7 Å². The number of aldehydes is 1. The molecule has 0 atom stereocenters. The quantitative estimate of drug-likeness (QED) is 0.0354. The van der Waals surface area contributed by atoms with Crippen molar-refractivity contribution in [3.05, 3.63) is 128 Å². The number of hydrazone groups is 1. The summed E-state index contributed by atoms with van der Waals surface area (Å²) >= 11 is 4.73. The van der Waals surface area contributed by atoms with Crippen LogP contribution >= 0.6 is 11.8 Å². The number of benzene rings is 4. The minimum atomic E-state index is -0.791. The molecular weight excluding hydrogens is 896 g/mol. The van der Waals surface area contributed by atoms with Gasteiger partial charge in [-0.25, -0.2) is 25.0 Å². The van der Waals surface area contributed by atoms with Gasteiger partial charge in [0.05, 0.1) is 31.5 Å². The molecule has 0 heterocycles. The van der Waals surface area contributed by atoms with Crippen molar-refractivity contribution in [2.75, 3.05) is 14.2 Å². The first-order chi connectivity index (χ1) is 31.9. The molecule has 20 heteroatoms. The number of hydrazine groups is 3. The van der Waals surface area contributed by atoms with Crippen LogP contribution in [0.25, 0.3) is 0 Å². The Morgan fingerprint density at radius 2 is 1.07 bits per heavy atom. The molecule has 8 amide bonds. The third-order valence-corrected chi connectivity index (χ3v) is 9.56. The van der Waals surface area contributed by atoms with Crippen LogP contribution in [0.4, 0.5) is 9.59 Å². The predicted octanol–water partition coefficient (Wildman–Crippen LogP) is 6.43. The lowest BCUT2D eigenvalue weighted by molar-refractivity contribution is 0.0356. The summed E-state index contributed by atoms with van der Waals surface area (Å²) in [7, 11) is 3.11. The van der Waals surface area contributed by atoms with E-state index in [1.807, 2.05) is 79.6 Å². The topological polar surface area (TPSA) is 269 Å². The van der Waals surface area contributed by atoms with Crippen LogP contribution in [0, 0.1) is 13.8 Å². The van der Waals surface area contributed by atoms with E-state index in [1.165, 1.54) is 22.3 Å². The highest BCUT2D eigenvalue weighted by molar-refractivity contribution is 6.13. The Hall–Kier alpha value is -7.51. The average molecular weight is 960 g/mol. The molecular formula is C48H63ClN10O9. The molecule has 0 unspecified atom stereocenters. The second-order valence-corrected chi connectivity index (χ2v) is 17.1. The third kappa shape index (κ3) is 16.7. The van der Waals surface area contributed by atoms with Gasteiger partial charge in [0.25, 0.3) is 23.6 Å². The maximum atomic E-state index is 13.5. The minimum Gasteiger partial charge on any atom is -0.496 e. The molecule has 366 valence electrons. The second-order valence-electron chi connectivity index (χ2n) is 16.9. The molecule has 19 nitrogen and oxygen atoms in total. The third-order valence-electron chi connectivity index (χ3n) is 9.46. The summed E-state index contributed by atoms with van der Waals surface area (Å²) in [6.07, 6.45) is 3.29. The van der Waals surface area contributed by atoms with E-state index >= 15 is 0 Å². The van der Waals surface area contributed by atoms with Crippen LogP contribution in [0.3, 0.4) is 0 Å². The number of aryl methyl sites for hydroxylation is 2. The van der Waals surface area contributed by atoms with Gasteiger partial charge < -0.3 is 20.9 Å². The van der Waals surface area contributed by atoms with Crippen molar-refractivity contribution >= 4 is 60.0 Å². The van der Waals surface area contributed by atoms with Crippen LogP contribution in [-0.2, 0) is 12.8 Å². The second kappa shape index (κ2) is 26.0. The van der Waals surface area contributed by atoms with E-state index in [4.69, 9.17) is 27.0 Å². The Bertz CT molecular complexity index is 2480. The van der Waals surface area contributed by atoms with Crippen LogP contribution in [0.15, 0.2) is 77.9 Å². The summed E-state index contributed by atoms with van der Waals surface area (Å²) in [4.78, 5) is 86.3. The fraction of sp³-hybridized carbons (Fsp3) is 0.333. The summed E-state index contributed by atoms with van der Waals surface area (Å²) in [6.45, 7) is 18.5. The molecule has 0 bridgehead atoms. The smallest absolute Gasteiger partial charge is 0.332 e. The number of halogens is 1. The first-order valence-corrected chi connectivity index (χ1v) is 21.6. The van der Waals surface area contributed by atoms with Crippen molar-refractivity contribution in [3.63, 3.8) is 0 Å². The van der Waals surface area contributed by atoms with Crippen molar-refractivity contribution in [2.24, 2.45) is 16.6 Å². The van der Waals surface area contributed by atoms with Crippen molar-refractivity contribution < 1.29 is 43.0 Å². The number of hydrogen-bond acceptors (Lipinski definition) is 11. The number of urea groups is 2. The largest absolute Gasteiger partial charge is 0.496 e. The standard InChI is InChI=1S/C24H31N5O4.C23H28N2O4.CH4ClN3O/c1-7-18-19(9-8-10-20(18)33-6)21(30)28-29(24(3,4)5)22(31)17-12-15(2)11-16(13-17)14-26-27-23(25)32;1-7-18-19(9-8-10-20(18)29-6)21(27)24-25(23(3,4)5)22(28)17-12-15(2)11-16(13-17)14-26;2-5-4-1(3)6/h8-14H,7H2,1-6H3,(H,28,30)(H3,25,27,32);8-14H,7H2,1-6H3,(H,24,27);5H,(H3,3,4,6)/b26-14+;;. The van der Waals surface area contributed by atoms with Gasteiger partial charge in [0, 0.05) is 38.9 Å². The molecule has 4 rings (SSSR count). The minimum absolute atomic E-state index is 0.337. The SMILES string of the molecule is CCc1c(OC)cccc1C(=O)NN(C(=O)c1cc(C)cc(/C=N/NC(N)=O)c1)C(C)(C)C.CCc1c(OC)cccc1C(=O)NN(C(=O)c1cc(C)cc(C=O)c1)C(C)(C)C.NC(=O)NNCl. The number of hydrogen-bond donors (Lipinski definition) is 7. The molecule has 68 heavy (non-hydrogen) atoms. The maximum Gasteiger partial charge on any atom is 0.332 e. The van der Waals surface area contributed by atoms with Crippen molar-refractivity contribution in [1.29, 1.82) is 0 Å². The Morgan fingerprint density at radius 3 is 1.40 bits per heavy atom. The van der Waals surface area contributed by atoms with Gasteiger partial charge in [-0.3, -0.25) is 40.3 Å². The highest BCUT2D eigenvalue weighted by Gasteiger charge is 2.32. The van der Waals surface area contributed by atoms with Crippen molar-refractivity contribution in [2.45, 2.75) is 93.2 Å². The number of methoxy groups -OCH3 is 2. The van der Waals surface area contributed by atoms with Gasteiger partial charge >= 0.3 is 12.1 Å². The fourth-order valence-electron chi connectivity index (χ4n) is 6.53. The summed E-state index contributed by atoms with van der Waals surface area (Å²) < 4.78 is 10.7. The molecule has 0 spiro atoms. The molecule has 4 aromatic carbocycles. The summed E-state index contributed by atoms with van der Waals surface area (Å²) in [6, 6.07) is 19.1. The Balaban J connectivity index is 0.000000419. The zero-order valence-corrected chi connectivity index (χ0v) is 41.3. The lowest BCUT2D eigenvalue weighted by Gasteiger charge is -2.35. The van der Waals surface area contributed by atoms with E-state index in [0.717, 1.165) is 22.3 Å². The van der Waals surface area contributed by atoms with Gasteiger partial charge in [-0.15, -0.1) is 4.94 Å². The van der Waals surface area contributed by atoms with Crippen LogP contribution in [0.2, 0.25) is 0 Å². The number of rotatable bonds is 12. The number of carbonyl (C=O) groups is 7. The van der Waals surface area contributed by atoms with Gasteiger partial charge in [0.2, 0.25) is 0 Å². The van der Waals surface area contributed by atoms with Crippen LogP contribution in [-0.4, -0.2) is 83.5 Å². The van der Waals surface area contributed by atoms with E-state index in [1.54, 1.807) is 80.9 Å². The first-order valence-electron chi connectivity index (χ1n) is 21.2. The number of carbonyl (C=O) groups excluding carboxylic acids is 7. The van der Waals surface area contributed by atoms with Gasteiger partial charge in [0.15, 0.2) is 0 Å². The Kier molecular flexibility index (Phi) is 21.6. The van der Waals surface area contributed by atoms with E-state index in [0.29, 0.717) is 64.0 Å². The molecule has 0 saturated carbocycles. The molecule has 0 saturated heterocycles. The molecule has 0 radical (unpaired) electrons. The monoisotopic (exact) mass is 958 g/mol. The van der Waals surface area contributed by atoms with Gasteiger partial charge in [-0.05, 0) is 151 Å². The molecule has 0 aromatic heterocycles. The fourth-order valence-corrected chi connectivity index (χ4v) is 6.62. The summed E-state index contributed by atoms with van der Waals surface area (Å²) in [5, 5.41) is 6.36. The lowest BCUT2D eigenvalue weighted by atomic mass is 10.0. The summed E-state index contributed by atoms with van der Waals surface area (Å²) in [5.74, 6) is -0.341. The van der Waals surface area contributed by atoms with Gasteiger partial charge in [0.1, 0.15) is 17.8 Å².